The van der Waals surface area contributed by atoms with Gasteiger partial charge in [0.1, 0.15) is 0 Å². The van der Waals surface area contributed by atoms with Crippen molar-refractivity contribution in [3.8, 4) is 0 Å². The van der Waals surface area contributed by atoms with E-state index in [9.17, 15) is 13.2 Å². The number of aliphatic carboxylic acids is 1. The molecule has 1 aliphatic carbocycles. The van der Waals surface area contributed by atoms with Crippen LogP contribution in [0, 0.1) is 11.8 Å². The Labute approximate surface area is 125 Å². The van der Waals surface area contributed by atoms with Gasteiger partial charge in [0.25, 0.3) is 0 Å². The molecule has 6 heteroatoms. The third-order valence-corrected chi connectivity index (χ3v) is 5.31. The van der Waals surface area contributed by atoms with E-state index >= 15 is 0 Å². The Bertz CT molecular complexity index is 563. The van der Waals surface area contributed by atoms with Crippen molar-refractivity contribution in [3.63, 3.8) is 0 Å². The van der Waals surface area contributed by atoms with Crippen LogP contribution in [-0.2, 0) is 20.6 Å². The smallest absolute Gasteiger partial charge is 0.306 e. The first kappa shape index (κ1) is 16.0. The van der Waals surface area contributed by atoms with Gasteiger partial charge in [-0.05, 0) is 37.2 Å². The molecule has 0 amide bonds. The average molecular weight is 311 g/mol. The lowest BCUT2D eigenvalue weighted by Crippen LogP contribution is -2.33. The van der Waals surface area contributed by atoms with Crippen LogP contribution in [0.15, 0.2) is 30.3 Å². The van der Waals surface area contributed by atoms with Crippen LogP contribution in [0.3, 0.4) is 0 Å². The highest BCUT2D eigenvalue weighted by Crippen LogP contribution is 2.28. The van der Waals surface area contributed by atoms with E-state index in [2.05, 4.69) is 4.72 Å². The number of carboxylic acid groups (broad SMARTS) is 1. The van der Waals surface area contributed by atoms with Crippen LogP contribution in [0.5, 0.6) is 0 Å². The number of nitrogens with one attached hydrogen (secondary N) is 1. The van der Waals surface area contributed by atoms with E-state index in [1.165, 1.54) is 0 Å². The summed E-state index contributed by atoms with van der Waals surface area (Å²) in [5.41, 5.74) is 0.764. The van der Waals surface area contributed by atoms with Gasteiger partial charge in [-0.2, -0.15) is 0 Å². The maximum absolute atomic E-state index is 12.0. The molecule has 1 aliphatic rings. The van der Waals surface area contributed by atoms with Crippen molar-refractivity contribution >= 4 is 16.0 Å². The quantitative estimate of drug-likeness (QED) is 0.841. The molecule has 1 aromatic rings. The molecule has 0 aromatic heterocycles. The molecular formula is C15H21NO4S. The van der Waals surface area contributed by atoms with Crippen molar-refractivity contribution in [2.24, 2.45) is 11.8 Å². The molecule has 0 saturated heterocycles. The molecule has 0 radical (unpaired) electrons. The first-order chi connectivity index (χ1) is 9.96. The van der Waals surface area contributed by atoms with Gasteiger partial charge in [0, 0.05) is 6.54 Å². The molecule has 21 heavy (non-hydrogen) atoms. The number of carboxylic acids is 1. The lowest BCUT2D eigenvalue weighted by atomic mass is 9.82. The minimum absolute atomic E-state index is 0.0156. The summed E-state index contributed by atoms with van der Waals surface area (Å²) in [6.45, 7) is 0.404. The Hall–Kier alpha value is -1.40. The lowest BCUT2D eigenvalue weighted by Gasteiger charge is -2.26. The van der Waals surface area contributed by atoms with Crippen LogP contribution < -0.4 is 4.72 Å². The monoisotopic (exact) mass is 311 g/mol. The van der Waals surface area contributed by atoms with Crippen LogP contribution >= 0.6 is 0 Å². The highest BCUT2D eigenvalue weighted by atomic mass is 32.2. The predicted molar refractivity (Wildman–Crippen MR) is 80.2 cm³/mol. The average Bonchev–Trinajstić information content (AvgIpc) is 2.46. The molecule has 1 saturated carbocycles. The summed E-state index contributed by atoms with van der Waals surface area (Å²) in [4.78, 5) is 10.9. The van der Waals surface area contributed by atoms with Crippen molar-refractivity contribution in [2.75, 3.05) is 6.54 Å². The minimum Gasteiger partial charge on any atom is -0.481 e. The molecule has 2 rings (SSSR count). The van der Waals surface area contributed by atoms with Gasteiger partial charge in [0.2, 0.25) is 10.0 Å². The van der Waals surface area contributed by atoms with E-state index in [0.29, 0.717) is 19.4 Å². The van der Waals surface area contributed by atoms with E-state index in [1.54, 1.807) is 12.1 Å². The Balaban J connectivity index is 1.79. The summed E-state index contributed by atoms with van der Waals surface area (Å²) in [5.74, 6) is -0.773. The fourth-order valence-electron chi connectivity index (χ4n) is 2.70. The van der Waals surface area contributed by atoms with Gasteiger partial charge in [0.05, 0.1) is 11.7 Å². The summed E-state index contributed by atoms with van der Waals surface area (Å²) < 4.78 is 26.7. The van der Waals surface area contributed by atoms with Gasteiger partial charge in [-0.1, -0.05) is 30.3 Å². The zero-order valence-electron chi connectivity index (χ0n) is 11.9. The van der Waals surface area contributed by atoms with Gasteiger partial charge < -0.3 is 5.11 Å². The molecule has 2 N–H and O–H groups in total. The highest BCUT2D eigenvalue weighted by Gasteiger charge is 2.26. The number of benzene rings is 1. The predicted octanol–water partition coefficient (Wildman–Crippen LogP) is 2.00. The highest BCUT2D eigenvalue weighted by molar-refractivity contribution is 7.88. The fourth-order valence-corrected chi connectivity index (χ4v) is 3.93. The second-order valence-corrected chi connectivity index (χ2v) is 7.46. The molecule has 1 aromatic carbocycles. The van der Waals surface area contributed by atoms with Gasteiger partial charge >= 0.3 is 5.97 Å². The molecule has 0 bridgehead atoms. The van der Waals surface area contributed by atoms with E-state index in [-0.39, 0.29) is 17.6 Å². The van der Waals surface area contributed by atoms with E-state index in [1.807, 2.05) is 18.2 Å². The van der Waals surface area contributed by atoms with Gasteiger partial charge in [0.15, 0.2) is 0 Å². The zero-order valence-corrected chi connectivity index (χ0v) is 12.7. The maximum atomic E-state index is 12.0. The van der Waals surface area contributed by atoms with Crippen LogP contribution in [-0.4, -0.2) is 26.0 Å². The van der Waals surface area contributed by atoms with Crippen LogP contribution in [0.4, 0.5) is 0 Å². The van der Waals surface area contributed by atoms with E-state index < -0.39 is 16.0 Å². The SMILES string of the molecule is O=C(O)C1CCC(CNS(=O)(=O)Cc2ccccc2)CC1. The Morgan fingerprint density at radius 1 is 1.14 bits per heavy atom. The largest absolute Gasteiger partial charge is 0.481 e. The summed E-state index contributed by atoms with van der Waals surface area (Å²) in [5, 5.41) is 8.94. The zero-order chi connectivity index (χ0) is 15.3. The van der Waals surface area contributed by atoms with Gasteiger partial charge in [-0.15, -0.1) is 0 Å². The van der Waals surface area contributed by atoms with Gasteiger partial charge in [-0.25, -0.2) is 13.1 Å². The van der Waals surface area contributed by atoms with Crippen LogP contribution in [0.2, 0.25) is 0 Å². The number of hydrogen-bond acceptors (Lipinski definition) is 3. The second kappa shape index (κ2) is 7.04. The second-order valence-electron chi connectivity index (χ2n) is 5.65. The first-order valence-electron chi connectivity index (χ1n) is 7.20. The summed E-state index contributed by atoms with van der Waals surface area (Å²) >= 11 is 0. The lowest BCUT2D eigenvalue weighted by molar-refractivity contribution is -0.143. The number of sulfonamides is 1. The molecule has 0 heterocycles. The Morgan fingerprint density at radius 2 is 1.76 bits per heavy atom. The van der Waals surface area contributed by atoms with Crippen molar-refractivity contribution in [1.82, 2.24) is 4.72 Å². The molecule has 1 fully saturated rings. The summed E-state index contributed by atoms with van der Waals surface area (Å²) in [6, 6.07) is 9.06. The third-order valence-electron chi connectivity index (χ3n) is 3.99. The molecule has 0 aliphatic heterocycles. The maximum Gasteiger partial charge on any atom is 0.306 e. The number of hydrogen-bond donors (Lipinski definition) is 2. The van der Waals surface area contributed by atoms with Crippen LogP contribution in [0.1, 0.15) is 31.2 Å². The van der Waals surface area contributed by atoms with Crippen molar-refractivity contribution in [2.45, 2.75) is 31.4 Å². The molecular weight excluding hydrogens is 290 g/mol. The fraction of sp³-hybridized carbons (Fsp3) is 0.533. The molecule has 0 unspecified atom stereocenters. The molecule has 0 atom stereocenters. The van der Waals surface area contributed by atoms with Crippen molar-refractivity contribution in [1.29, 1.82) is 0 Å². The third kappa shape index (κ3) is 5.13. The number of rotatable bonds is 6. The minimum atomic E-state index is -3.33. The Morgan fingerprint density at radius 3 is 2.33 bits per heavy atom. The molecule has 5 nitrogen and oxygen atoms in total. The summed E-state index contributed by atoms with van der Waals surface area (Å²) in [6.07, 6.45) is 2.82. The molecule has 0 spiro atoms. The van der Waals surface area contributed by atoms with E-state index in [4.69, 9.17) is 5.11 Å². The van der Waals surface area contributed by atoms with E-state index in [0.717, 1.165) is 18.4 Å². The number of carbonyl (C=O) groups is 1. The summed E-state index contributed by atoms with van der Waals surface area (Å²) in [7, 11) is -3.33. The standard InChI is InChI=1S/C15H21NO4S/c17-15(18)14-8-6-12(7-9-14)10-16-21(19,20)11-13-4-2-1-3-5-13/h1-5,12,14,16H,6-11H2,(H,17,18). The normalized spacial score (nSPS) is 22.9. The van der Waals surface area contributed by atoms with Gasteiger partial charge in [-0.3, -0.25) is 4.79 Å². The van der Waals surface area contributed by atoms with Crippen molar-refractivity contribution in [3.05, 3.63) is 35.9 Å². The topological polar surface area (TPSA) is 83.5 Å². The Kier molecular flexibility index (Phi) is 5.36. The van der Waals surface area contributed by atoms with Crippen molar-refractivity contribution < 1.29 is 18.3 Å². The molecule has 116 valence electrons. The first-order valence-corrected chi connectivity index (χ1v) is 8.85. The van der Waals surface area contributed by atoms with Crippen LogP contribution in [0.25, 0.3) is 0 Å².